The first-order valence-corrected chi connectivity index (χ1v) is 9.41. The van der Waals surface area contributed by atoms with E-state index >= 15 is 0 Å². The summed E-state index contributed by atoms with van der Waals surface area (Å²) in [6.45, 7) is 1.10. The summed E-state index contributed by atoms with van der Waals surface area (Å²) < 4.78 is 15.1. The summed E-state index contributed by atoms with van der Waals surface area (Å²) in [5, 5.41) is 2.92. The second kappa shape index (κ2) is 8.45. The molecule has 0 aromatic heterocycles. The Morgan fingerprint density at radius 1 is 1.23 bits per heavy atom. The summed E-state index contributed by atoms with van der Waals surface area (Å²) in [7, 11) is 0. The van der Waals surface area contributed by atoms with E-state index in [2.05, 4.69) is 21.2 Å². The molecule has 1 atom stereocenters. The molecule has 1 saturated heterocycles. The van der Waals surface area contributed by atoms with Gasteiger partial charge >= 0.3 is 0 Å². The van der Waals surface area contributed by atoms with Gasteiger partial charge in [-0.1, -0.05) is 52.3 Å². The monoisotopic (exact) mass is 418 g/mol. The fourth-order valence-electron chi connectivity index (χ4n) is 3.13. The van der Waals surface area contributed by atoms with Gasteiger partial charge in [0.1, 0.15) is 5.82 Å². The van der Waals surface area contributed by atoms with E-state index < -0.39 is 6.04 Å². The van der Waals surface area contributed by atoms with Gasteiger partial charge in [-0.3, -0.25) is 9.59 Å². The minimum Gasteiger partial charge on any atom is -0.345 e. The maximum atomic E-state index is 14.5. The molecule has 0 bridgehead atoms. The SMILES string of the molecule is O=C(CCN1CCCC1=O)NC(c1ccccc1)c1ccc(Br)cc1F. The fraction of sp³-hybridized carbons (Fsp3) is 0.300. The normalized spacial score (nSPS) is 15.2. The van der Waals surface area contributed by atoms with Crippen molar-refractivity contribution in [2.45, 2.75) is 25.3 Å². The van der Waals surface area contributed by atoms with E-state index in [0.29, 0.717) is 29.5 Å². The van der Waals surface area contributed by atoms with Gasteiger partial charge in [0.25, 0.3) is 0 Å². The molecule has 0 saturated carbocycles. The molecular weight excluding hydrogens is 399 g/mol. The van der Waals surface area contributed by atoms with Gasteiger partial charge < -0.3 is 10.2 Å². The summed E-state index contributed by atoms with van der Waals surface area (Å²) in [5.74, 6) is -0.500. The Morgan fingerprint density at radius 2 is 2.00 bits per heavy atom. The van der Waals surface area contributed by atoms with Gasteiger partial charge in [-0.05, 0) is 24.1 Å². The van der Waals surface area contributed by atoms with E-state index in [1.807, 2.05) is 30.3 Å². The highest BCUT2D eigenvalue weighted by molar-refractivity contribution is 9.10. The van der Waals surface area contributed by atoms with E-state index in [1.165, 1.54) is 6.07 Å². The average molecular weight is 419 g/mol. The van der Waals surface area contributed by atoms with Crippen LogP contribution < -0.4 is 5.32 Å². The summed E-state index contributed by atoms with van der Waals surface area (Å²) in [6.07, 6.45) is 1.60. The van der Waals surface area contributed by atoms with Crippen molar-refractivity contribution in [1.82, 2.24) is 10.2 Å². The number of nitrogens with zero attached hydrogens (tertiary/aromatic N) is 1. The van der Waals surface area contributed by atoms with Gasteiger partial charge in [-0.25, -0.2) is 4.39 Å². The molecule has 0 spiro atoms. The molecule has 26 heavy (non-hydrogen) atoms. The molecule has 1 unspecified atom stereocenters. The van der Waals surface area contributed by atoms with Crippen LogP contribution in [0.2, 0.25) is 0 Å². The largest absolute Gasteiger partial charge is 0.345 e. The van der Waals surface area contributed by atoms with Crippen molar-refractivity contribution in [2.75, 3.05) is 13.1 Å². The zero-order valence-corrected chi connectivity index (χ0v) is 15.8. The standard InChI is InChI=1S/C20H20BrFN2O2/c21-15-8-9-16(17(22)13-15)20(14-5-2-1-3-6-14)23-18(25)10-12-24-11-4-7-19(24)26/h1-3,5-6,8-9,13,20H,4,7,10-12H2,(H,23,25). The van der Waals surface area contributed by atoms with Crippen LogP contribution in [0.3, 0.4) is 0 Å². The first-order chi connectivity index (χ1) is 12.5. The van der Waals surface area contributed by atoms with E-state index in [9.17, 15) is 14.0 Å². The van der Waals surface area contributed by atoms with Crippen LogP contribution in [0.25, 0.3) is 0 Å². The Balaban J connectivity index is 1.75. The van der Waals surface area contributed by atoms with Crippen LogP contribution in [-0.4, -0.2) is 29.8 Å². The summed E-state index contributed by atoms with van der Waals surface area (Å²) in [6, 6.07) is 13.5. The molecule has 3 rings (SSSR count). The van der Waals surface area contributed by atoms with Crippen molar-refractivity contribution >= 4 is 27.7 Å². The van der Waals surface area contributed by atoms with E-state index in [0.717, 1.165) is 12.0 Å². The second-order valence-corrected chi connectivity index (χ2v) is 7.23. The van der Waals surface area contributed by atoms with Crippen molar-refractivity contribution in [3.05, 3.63) is 69.9 Å². The van der Waals surface area contributed by atoms with E-state index in [1.54, 1.807) is 17.0 Å². The zero-order valence-electron chi connectivity index (χ0n) is 14.3. The molecule has 1 N–H and O–H groups in total. The summed E-state index contributed by atoms with van der Waals surface area (Å²) >= 11 is 3.26. The first-order valence-electron chi connectivity index (χ1n) is 8.61. The van der Waals surface area contributed by atoms with E-state index in [4.69, 9.17) is 0 Å². The molecule has 136 valence electrons. The molecule has 1 heterocycles. The Labute approximate surface area is 160 Å². The maximum Gasteiger partial charge on any atom is 0.222 e. The minimum absolute atomic E-state index is 0.0939. The molecular formula is C20H20BrFN2O2. The highest BCUT2D eigenvalue weighted by atomic mass is 79.9. The number of amides is 2. The summed E-state index contributed by atoms with van der Waals surface area (Å²) in [5.41, 5.74) is 1.21. The van der Waals surface area contributed by atoms with Crippen molar-refractivity contribution in [1.29, 1.82) is 0 Å². The molecule has 1 fully saturated rings. The zero-order chi connectivity index (χ0) is 18.5. The third-order valence-electron chi connectivity index (χ3n) is 4.49. The molecule has 6 heteroatoms. The molecule has 1 aliphatic rings. The lowest BCUT2D eigenvalue weighted by molar-refractivity contribution is -0.128. The highest BCUT2D eigenvalue weighted by Gasteiger charge is 2.23. The molecule has 0 aliphatic carbocycles. The van der Waals surface area contributed by atoms with Gasteiger partial charge in [0.05, 0.1) is 6.04 Å². The lowest BCUT2D eigenvalue weighted by Gasteiger charge is -2.22. The van der Waals surface area contributed by atoms with Crippen LogP contribution in [-0.2, 0) is 9.59 Å². The van der Waals surface area contributed by atoms with Crippen molar-refractivity contribution < 1.29 is 14.0 Å². The van der Waals surface area contributed by atoms with Crippen LogP contribution in [0.4, 0.5) is 4.39 Å². The predicted molar refractivity (Wildman–Crippen MR) is 101 cm³/mol. The number of hydrogen-bond acceptors (Lipinski definition) is 2. The predicted octanol–water partition coefficient (Wildman–Crippen LogP) is 3.81. The fourth-order valence-corrected chi connectivity index (χ4v) is 3.47. The Bertz CT molecular complexity index is 798. The van der Waals surface area contributed by atoms with Crippen molar-refractivity contribution in [3.63, 3.8) is 0 Å². The van der Waals surface area contributed by atoms with Gasteiger partial charge in [0.2, 0.25) is 11.8 Å². The van der Waals surface area contributed by atoms with Gasteiger partial charge in [-0.2, -0.15) is 0 Å². The van der Waals surface area contributed by atoms with Crippen molar-refractivity contribution in [3.8, 4) is 0 Å². The van der Waals surface area contributed by atoms with Crippen molar-refractivity contribution in [2.24, 2.45) is 0 Å². The van der Waals surface area contributed by atoms with Gasteiger partial charge in [0.15, 0.2) is 0 Å². The number of halogens is 2. The highest BCUT2D eigenvalue weighted by Crippen LogP contribution is 2.26. The number of carbonyl (C=O) groups is 2. The first kappa shape index (κ1) is 18.6. The average Bonchev–Trinajstić information content (AvgIpc) is 3.04. The second-order valence-electron chi connectivity index (χ2n) is 6.31. The number of likely N-dealkylation sites (tertiary alicyclic amines) is 1. The van der Waals surface area contributed by atoms with Crippen LogP contribution in [0.15, 0.2) is 53.0 Å². The Hall–Kier alpha value is -2.21. The maximum absolute atomic E-state index is 14.5. The van der Waals surface area contributed by atoms with E-state index in [-0.39, 0.29) is 24.1 Å². The smallest absolute Gasteiger partial charge is 0.222 e. The molecule has 1 aliphatic heterocycles. The van der Waals surface area contributed by atoms with Crippen LogP contribution in [0.1, 0.15) is 36.4 Å². The minimum atomic E-state index is -0.578. The summed E-state index contributed by atoms with van der Waals surface area (Å²) in [4.78, 5) is 25.8. The molecule has 2 amide bonds. The third-order valence-corrected chi connectivity index (χ3v) is 4.99. The van der Waals surface area contributed by atoms with Crippen LogP contribution >= 0.6 is 15.9 Å². The topological polar surface area (TPSA) is 49.4 Å². The number of nitrogens with one attached hydrogen (secondary N) is 1. The Morgan fingerprint density at radius 3 is 2.65 bits per heavy atom. The van der Waals surface area contributed by atoms with Crippen LogP contribution in [0, 0.1) is 5.82 Å². The van der Waals surface area contributed by atoms with Crippen LogP contribution in [0.5, 0.6) is 0 Å². The lowest BCUT2D eigenvalue weighted by atomic mass is 9.98. The number of rotatable bonds is 6. The van der Waals surface area contributed by atoms with Gasteiger partial charge in [0, 0.05) is 36.0 Å². The third kappa shape index (κ3) is 4.49. The number of benzene rings is 2. The lowest BCUT2D eigenvalue weighted by Crippen LogP contribution is -2.34. The molecule has 4 nitrogen and oxygen atoms in total. The molecule has 2 aromatic rings. The quantitative estimate of drug-likeness (QED) is 0.775. The number of carbonyl (C=O) groups excluding carboxylic acids is 2. The Kier molecular flexibility index (Phi) is 6.04. The van der Waals surface area contributed by atoms with Gasteiger partial charge in [-0.15, -0.1) is 0 Å². The number of hydrogen-bond donors (Lipinski definition) is 1. The molecule has 2 aromatic carbocycles. The molecule has 0 radical (unpaired) electrons.